The van der Waals surface area contributed by atoms with Crippen LogP contribution in [0.1, 0.15) is 18.4 Å². The Morgan fingerprint density at radius 1 is 1.47 bits per heavy atom. The van der Waals surface area contributed by atoms with E-state index in [1.807, 2.05) is 24.3 Å². The first kappa shape index (κ1) is 12.8. The second-order valence-corrected chi connectivity index (χ2v) is 5.75. The lowest BCUT2D eigenvalue weighted by molar-refractivity contribution is 0.0366. The van der Waals surface area contributed by atoms with Crippen molar-refractivity contribution in [3.8, 4) is 0 Å². The van der Waals surface area contributed by atoms with Crippen LogP contribution in [-0.4, -0.2) is 36.2 Å². The van der Waals surface area contributed by atoms with Gasteiger partial charge in [-0.05, 0) is 37.1 Å². The molecule has 1 aromatic carbocycles. The quantitative estimate of drug-likeness (QED) is 0.905. The Labute approximate surface area is 117 Å². The zero-order valence-electron chi connectivity index (χ0n) is 10.7. The predicted molar refractivity (Wildman–Crippen MR) is 73.2 cm³/mol. The monoisotopic (exact) mass is 280 g/mol. The molecule has 1 spiro atoms. The van der Waals surface area contributed by atoms with Gasteiger partial charge in [0.1, 0.15) is 5.60 Å². The van der Waals surface area contributed by atoms with Crippen LogP contribution in [0.2, 0.25) is 5.02 Å². The molecule has 4 nitrogen and oxygen atoms in total. The van der Waals surface area contributed by atoms with Crippen LogP contribution >= 0.6 is 11.6 Å². The molecule has 1 N–H and O–H groups in total. The molecule has 2 heterocycles. The molecule has 0 radical (unpaired) electrons. The number of rotatable bonds is 2. The molecule has 1 aromatic rings. The fourth-order valence-electron chi connectivity index (χ4n) is 2.83. The number of ether oxygens (including phenoxy) is 1. The van der Waals surface area contributed by atoms with Gasteiger partial charge in [0.2, 0.25) is 0 Å². The van der Waals surface area contributed by atoms with Crippen molar-refractivity contribution in [2.24, 2.45) is 0 Å². The first-order valence-electron chi connectivity index (χ1n) is 6.60. The summed E-state index contributed by atoms with van der Waals surface area (Å²) in [4.78, 5) is 13.7. The molecule has 1 atom stereocenters. The van der Waals surface area contributed by atoms with Gasteiger partial charge >= 0.3 is 6.09 Å². The molecule has 102 valence electrons. The summed E-state index contributed by atoms with van der Waals surface area (Å²) in [6, 6.07) is 7.60. The summed E-state index contributed by atoms with van der Waals surface area (Å²) in [7, 11) is 0. The number of benzene rings is 1. The Balaban J connectivity index is 1.70. The number of hydrogen-bond acceptors (Lipinski definition) is 3. The molecule has 3 rings (SSSR count). The van der Waals surface area contributed by atoms with Crippen LogP contribution < -0.4 is 5.32 Å². The molecule has 19 heavy (non-hydrogen) atoms. The van der Waals surface area contributed by atoms with E-state index in [1.165, 1.54) is 0 Å². The van der Waals surface area contributed by atoms with Crippen molar-refractivity contribution >= 4 is 17.7 Å². The smallest absolute Gasteiger partial charge is 0.410 e. The topological polar surface area (TPSA) is 41.6 Å². The Kier molecular flexibility index (Phi) is 3.37. The maximum atomic E-state index is 12.0. The van der Waals surface area contributed by atoms with E-state index in [-0.39, 0.29) is 11.7 Å². The summed E-state index contributed by atoms with van der Waals surface area (Å²) in [5.41, 5.74) is 0.707. The second-order valence-electron chi connectivity index (χ2n) is 5.32. The number of carbonyl (C=O) groups is 1. The van der Waals surface area contributed by atoms with E-state index < -0.39 is 0 Å². The number of halogens is 1. The summed E-state index contributed by atoms with van der Waals surface area (Å²) >= 11 is 5.96. The highest BCUT2D eigenvalue weighted by atomic mass is 35.5. The lowest BCUT2D eigenvalue weighted by Gasteiger charge is -2.31. The maximum absolute atomic E-state index is 12.0. The zero-order valence-corrected chi connectivity index (χ0v) is 11.4. The summed E-state index contributed by atoms with van der Waals surface area (Å²) in [6.45, 7) is 2.98. The van der Waals surface area contributed by atoms with Crippen molar-refractivity contribution in [3.63, 3.8) is 0 Å². The standard InChI is InChI=1S/C14H17ClN2O2/c15-12-4-1-3-11(7-12)8-17-10-14(19-13(17)18)5-2-6-16-9-14/h1,3-4,7,16H,2,5-6,8-10H2. The lowest BCUT2D eigenvalue weighted by atomic mass is 9.94. The second kappa shape index (κ2) is 5.02. The number of nitrogens with one attached hydrogen (secondary N) is 1. The third-order valence-corrected chi connectivity index (χ3v) is 3.97. The summed E-state index contributed by atoms with van der Waals surface area (Å²) in [5.74, 6) is 0. The van der Waals surface area contributed by atoms with E-state index in [4.69, 9.17) is 16.3 Å². The number of piperidine rings is 1. The molecular formula is C14H17ClN2O2. The van der Waals surface area contributed by atoms with E-state index >= 15 is 0 Å². The van der Waals surface area contributed by atoms with Gasteiger partial charge in [-0.3, -0.25) is 4.90 Å². The van der Waals surface area contributed by atoms with Crippen molar-refractivity contribution < 1.29 is 9.53 Å². The molecular weight excluding hydrogens is 264 g/mol. The van der Waals surface area contributed by atoms with Crippen molar-refractivity contribution in [3.05, 3.63) is 34.9 Å². The number of hydrogen-bond donors (Lipinski definition) is 1. The van der Waals surface area contributed by atoms with Crippen LogP contribution in [0, 0.1) is 0 Å². The highest BCUT2D eigenvalue weighted by Gasteiger charge is 2.45. The predicted octanol–water partition coefficient (Wildman–Crippen LogP) is 2.41. The summed E-state index contributed by atoms with van der Waals surface area (Å²) < 4.78 is 5.60. The Bertz CT molecular complexity index is 486. The molecule has 0 aliphatic carbocycles. The molecule has 0 bridgehead atoms. The van der Waals surface area contributed by atoms with E-state index in [0.717, 1.165) is 31.5 Å². The zero-order chi connectivity index (χ0) is 13.3. The van der Waals surface area contributed by atoms with Crippen LogP contribution in [0.5, 0.6) is 0 Å². The first-order valence-corrected chi connectivity index (χ1v) is 6.98. The number of amides is 1. The molecule has 2 aliphatic heterocycles. The summed E-state index contributed by atoms with van der Waals surface area (Å²) in [5, 5.41) is 4.00. The van der Waals surface area contributed by atoms with Gasteiger partial charge in [-0.15, -0.1) is 0 Å². The largest absolute Gasteiger partial charge is 0.440 e. The van der Waals surface area contributed by atoms with E-state index in [1.54, 1.807) is 4.90 Å². The molecule has 2 saturated heterocycles. The number of carbonyl (C=O) groups excluding carboxylic acids is 1. The third-order valence-electron chi connectivity index (χ3n) is 3.74. The molecule has 0 saturated carbocycles. The van der Waals surface area contributed by atoms with Gasteiger partial charge in [0.05, 0.1) is 6.54 Å². The van der Waals surface area contributed by atoms with Gasteiger partial charge in [0.15, 0.2) is 0 Å². The normalized spacial score (nSPS) is 26.8. The van der Waals surface area contributed by atoms with Gasteiger partial charge in [-0.1, -0.05) is 23.7 Å². The molecule has 1 unspecified atom stereocenters. The van der Waals surface area contributed by atoms with Gasteiger partial charge in [-0.25, -0.2) is 4.79 Å². The maximum Gasteiger partial charge on any atom is 0.410 e. The minimum absolute atomic E-state index is 0.219. The minimum Gasteiger partial charge on any atom is -0.440 e. The highest BCUT2D eigenvalue weighted by Crippen LogP contribution is 2.30. The molecule has 1 amide bonds. The number of nitrogens with zero attached hydrogens (tertiary/aromatic N) is 1. The van der Waals surface area contributed by atoms with Crippen molar-refractivity contribution in [2.75, 3.05) is 19.6 Å². The van der Waals surface area contributed by atoms with Crippen molar-refractivity contribution in [1.29, 1.82) is 0 Å². The van der Waals surface area contributed by atoms with E-state index in [0.29, 0.717) is 18.1 Å². The van der Waals surface area contributed by atoms with Crippen LogP contribution in [-0.2, 0) is 11.3 Å². The minimum atomic E-state index is -0.325. The van der Waals surface area contributed by atoms with Crippen LogP contribution in [0.15, 0.2) is 24.3 Å². The first-order chi connectivity index (χ1) is 9.17. The fraction of sp³-hybridized carbons (Fsp3) is 0.500. The summed E-state index contributed by atoms with van der Waals surface area (Å²) in [6.07, 6.45) is 1.78. The average Bonchev–Trinajstić information content (AvgIpc) is 2.66. The highest BCUT2D eigenvalue weighted by molar-refractivity contribution is 6.30. The average molecular weight is 281 g/mol. The Hall–Kier alpha value is -1.26. The van der Waals surface area contributed by atoms with E-state index in [9.17, 15) is 4.79 Å². The third kappa shape index (κ3) is 2.69. The van der Waals surface area contributed by atoms with Crippen LogP contribution in [0.25, 0.3) is 0 Å². The fourth-order valence-corrected chi connectivity index (χ4v) is 3.05. The van der Waals surface area contributed by atoms with Crippen LogP contribution in [0.3, 0.4) is 0 Å². The molecule has 0 aromatic heterocycles. The lowest BCUT2D eigenvalue weighted by Crippen LogP contribution is -2.48. The van der Waals surface area contributed by atoms with Crippen molar-refractivity contribution in [1.82, 2.24) is 10.2 Å². The molecule has 5 heteroatoms. The van der Waals surface area contributed by atoms with Gasteiger partial charge < -0.3 is 10.1 Å². The molecule has 2 fully saturated rings. The Morgan fingerprint density at radius 2 is 2.37 bits per heavy atom. The van der Waals surface area contributed by atoms with Crippen LogP contribution in [0.4, 0.5) is 4.79 Å². The van der Waals surface area contributed by atoms with Crippen molar-refractivity contribution in [2.45, 2.75) is 25.0 Å². The van der Waals surface area contributed by atoms with Gasteiger partial charge in [0.25, 0.3) is 0 Å². The Morgan fingerprint density at radius 3 is 3.11 bits per heavy atom. The SMILES string of the molecule is O=C1OC2(CCCNC2)CN1Cc1cccc(Cl)c1. The van der Waals surface area contributed by atoms with Gasteiger partial charge in [-0.2, -0.15) is 0 Å². The molecule has 2 aliphatic rings. The van der Waals surface area contributed by atoms with E-state index in [2.05, 4.69) is 5.32 Å². The van der Waals surface area contributed by atoms with Gasteiger partial charge in [0, 0.05) is 18.1 Å².